The van der Waals surface area contributed by atoms with E-state index in [4.69, 9.17) is 15.3 Å². The topological polar surface area (TPSA) is 112 Å². The summed E-state index contributed by atoms with van der Waals surface area (Å²) < 4.78 is 0. The molecule has 221 valence electrons. The van der Waals surface area contributed by atoms with Crippen molar-refractivity contribution in [2.24, 2.45) is 16.2 Å². The van der Waals surface area contributed by atoms with Gasteiger partial charge in [0.1, 0.15) is 0 Å². The number of carbonyl (C=O) groups is 3. The van der Waals surface area contributed by atoms with E-state index in [0.717, 1.165) is 57.8 Å². The van der Waals surface area contributed by atoms with Gasteiger partial charge in [0.05, 0.1) is 0 Å². The van der Waals surface area contributed by atoms with Crippen molar-refractivity contribution in [1.82, 2.24) is 0 Å². The molecule has 0 spiro atoms. The van der Waals surface area contributed by atoms with Gasteiger partial charge in [0.2, 0.25) is 0 Å². The van der Waals surface area contributed by atoms with Crippen molar-refractivity contribution < 1.29 is 29.7 Å². The summed E-state index contributed by atoms with van der Waals surface area (Å²) in [5.41, 5.74) is 1.18. The van der Waals surface area contributed by atoms with Crippen molar-refractivity contribution >= 4 is 44.1 Å². The van der Waals surface area contributed by atoms with E-state index < -0.39 is 17.9 Å². The summed E-state index contributed by atoms with van der Waals surface area (Å²) >= 11 is 0. The van der Waals surface area contributed by atoms with Gasteiger partial charge in [-0.1, -0.05) is 101 Å². The van der Waals surface area contributed by atoms with Crippen LogP contribution in [0.1, 0.15) is 159 Å². The van der Waals surface area contributed by atoms with Crippen LogP contribution in [0.5, 0.6) is 0 Å². The molecule has 6 nitrogen and oxygen atoms in total. The molecule has 0 amide bonds. The van der Waals surface area contributed by atoms with Crippen LogP contribution in [-0.2, 0) is 14.4 Å². The molecule has 0 atom stereocenters. The quantitative estimate of drug-likeness (QED) is 0.115. The molecule has 0 bridgehead atoms. The first kappa shape index (κ1) is 43.3. The van der Waals surface area contributed by atoms with Crippen LogP contribution in [0.25, 0.3) is 0 Å². The Hall–Kier alpha value is -0.707. The molecule has 0 aromatic carbocycles. The Labute approximate surface area is 247 Å². The van der Waals surface area contributed by atoms with E-state index in [1.807, 2.05) is 0 Å². The van der Waals surface area contributed by atoms with Crippen LogP contribution in [0.4, 0.5) is 0 Å². The zero-order chi connectivity index (χ0) is 28.8. The van der Waals surface area contributed by atoms with Gasteiger partial charge in [-0.05, 0) is 54.8 Å². The summed E-state index contributed by atoms with van der Waals surface area (Å²) in [6.07, 6.45) is 13.6. The molecule has 0 aromatic rings. The Morgan fingerprint density at radius 1 is 0.405 bits per heavy atom. The number of hydrogen-bond donors (Lipinski definition) is 3. The number of rotatable bonds is 15. The van der Waals surface area contributed by atoms with Crippen LogP contribution in [0.15, 0.2) is 0 Å². The average Bonchev–Trinajstić information content (AvgIpc) is 2.65. The van der Waals surface area contributed by atoms with Crippen molar-refractivity contribution in [2.45, 2.75) is 159 Å². The molecular formula is C30H60BiO6. The number of carboxylic acid groups (broad SMARTS) is 3. The number of unbranched alkanes of at least 4 members (excludes halogenated alkanes) is 6. The molecule has 0 rings (SSSR count). The fraction of sp³-hybridized carbons (Fsp3) is 0.900. The molecule has 37 heavy (non-hydrogen) atoms. The van der Waals surface area contributed by atoms with Crippen molar-refractivity contribution in [2.75, 3.05) is 0 Å². The van der Waals surface area contributed by atoms with Gasteiger partial charge in [0.25, 0.3) is 0 Å². The van der Waals surface area contributed by atoms with E-state index in [-0.39, 0.29) is 26.2 Å². The Balaban J connectivity index is -0.000000218. The zero-order valence-corrected chi connectivity index (χ0v) is 29.1. The minimum atomic E-state index is -0.675. The SMILES string of the molecule is CC(C)(C)CCCCCC(=O)O.CC(C)(C)CCCCCC(=O)O.CC(C)(C)CCCCCC(=O)O.[Bi]. The van der Waals surface area contributed by atoms with Gasteiger partial charge in [-0.3, -0.25) is 14.4 Å². The fourth-order valence-corrected chi connectivity index (χ4v) is 3.32. The Morgan fingerprint density at radius 3 is 0.730 bits per heavy atom. The standard InChI is InChI=1S/3C10H20O2.Bi/c3*1-10(2,3)8-6-4-5-7-9(11)12;/h3*4-8H2,1-3H3,(H,11,12);. The van der Waals surface area contributed by atoms with Gasteiger partial charge in [-0.15, -0.1) is 0 Å². The predicted molar refractivity (Wildman–Crippen MR) is 156 cm³/mol. The molecule has 0 aliphatic heterocycles. The Bertz CT molecular complexity index is 487. The van der Waals surface area contributed by atoms with Gasteiger partial charge in [0, 0.05) is 45.5 Å². The second-order valence-electron chi connectivity index (χ2n) is 13.5. The predicted octanol–water partition coefficient (Wildman–Crippen LogP) is 8.82. The summed E-state index contributed by atoms with van der Waals surface area (Å²) in [4.78, 5) is 30.5. The average molecular weight is 726 g/mol. The molecule has 3 radical (unpaired) electrons. The molecule has 7 heteroatoms. The van der Waals surface area contributed by atoms with Crippen molar-refractivity contribution in [1.29, 1.82) is 0 Å². The minimum absolute atomic E-state index is 0. The van der Waals surface area contributed by atoms with Crippen molar-refractivity contribution in [3.8, 4) is 0 Å². The molecule has 0 saturated carbocycles. The monoisotopic (exact) mass is 725 g/mol. The molecule has 0 aliphatic rings. The van der Waals surface area contributed by atoms with Gasteiger partial charge < -0.3 is 15.3 Å². The Morgan fingerprint density at radius 2 is 0.595 bits per heavy atom. The molecule has 0 saturated heterocycles. The molecular weight excluding hydrogens is 665 g/mol. The van der Waals surface area contributed by atoms with Crippen molar-refractivity contribution in [3.63, 3.8) is 0 Å². The maximum Gasteiger partial charge on any atom is 0.303 e. The first-order valence-corrected chi connectivity index (χ1v) is 13.9. The van der Waals surface area contributed by atoms with E-state index in [2.05, 4.69) is 62.3 Å². The number of aliphatic carboxylic acids is 3. The maximum atomic E-state index is 10.2. The van der Waals surface area contributed by atoms with Crippen LogP contribution in [0.3, 0.4) is 0 Å². The molecule has 0 aliphatic carbocycles. The second-order valence-corrected chi connectivity index (χ2v) is 13.5. The van der Waals surface area contributed by atoms with Crippen LogP contribution in [0.2, 0.25) is 0 Å². The number of hydrogen-bond acceptors (Lipinski definition) is 3. The molecule has 0 fully saturated rings. The minimum Gasteiger partial charge on any atom is -0.481 e. The number of carboxylic acids is 3. The maximum absolute atomic E-state index is 10.2. The van der Waals surface area contributed by atoms with Gasteiger partial charge >= 0.3 is 17.9 Å². The third-order valence-electron chi connectivity index (χ3n) is 5.45. The second kappa shape index (κ2) is 24.3. The summed E-state index contributed by atoms with van der Waals surface area (Å²) in [5, 5.41) is 25.1. The van der Waals surface area contributed by atoms with Crippen LogP contribution >= 0.6 is 0 Å². The van der Waals surface area contributed by atoms with E-state index in [1.165, 1.54) is 19.3 Å². The fourth-order valence-electron chi connectivity index (χ4n) is 3.32. The van der Waals surface area contributed by atoms with E-state index in [1.54, 1.807) is 0 Å². The Kier molecular flexibility index (Phi) is 28.5. The van der Waals surface area contributed by atoms with E-state index >= 15 is 0 Å². The third kappa shape index (κ3) is 56.6. The molecule has 3 N–H and O–H groups in total. The molecule has 0 aromatic heterocycles. The summed E-state index contributed by atoms with van der Waals surface area (Å²) in [5.74, 6) is -2.03. The van der Waals surface area contributed by atoms with Crippen LogP contribution in [-0.4, -0.2) is 59.4 Å². The van der Waals surface area contributed by atoms with Gasteiger partial charge in [-0.2, -0.15) is 0 Å². The third-order valence-corrected chi connectivity index (χ3v) is 5.45. The van der Waals surface area contributed by atoms with Crippen LogP contribution < -0.4 is 0 Å². The first-order valence-electron chi connectivity index (χ1n) is 13.9. The van der Waals surface area contributed by atoms with Gasteiger partial charge in [0.15, 0.2) is 0 Å². The summed E-state index contributed by atoms with van der Waals surface area (Å²) in [6.45, 7) is 19.9. The van der Waals surface area contributed by atoms with Crippen molar-refractivity contribution in [3.05, 3.63) is 0 Å². The largest absolute Gasteiger partial charge is 0.481 e. The van der Waals surface area contributed by atoms with E-state index in [0.29, 0.717) is 35.5 Å². The summed E-state index contributed by atoms with van der Waals surface area (Å²) in [6, 6.07) is 0. The molecule has 0 heterocycles. The summed E-state index contributed by atoms with van der Waals surface area (Å²) in [7, 11) is 0. The normalized spacial score (nSPS) is 11.3. The van der Waals surface area contributed by atoms with Gasteiger partial charge in [-0.25, -0.2) is 0 Å². The first-order chi connectivity index (χ1) is 16.2. The smallest absolute Gasteiger partial charge is 0.303 e. The zero-order valence-electron chi connectivity index (χ0n) is 25.6. The molecule has 0 unspecified atom stereocenters. The van der Waals surface area contributed by atoms with E-state index in [9.17, 15) is 14.4 Å². The van der Waals surface area contributed by atoms with Crippen LogP contribution in [0, 0.1) is 16.2 Å².